The average Bonchev–Trinajstić information content (AvgIpc) is 3.30. The second-order valence-electron chi connectivity index (χ2n) is 12.7. The molecular formula is C35H36N4. The first-order valence-electron chi connectivity index (χ1n) is 13.7. The van der Waals surface area contributed by atoms with Crippen molar-refractivity contribution in [3.05, 3.63) is 125 Å². The second kappa shape index (κ2) is 8.94. The molecule has 2 N–H and O–H groups in total. The number of para-hydroxylation sites is 1. The van der Waals surface area contributed by atoms with E-state index in [4.69, 9.17) is 5.11 Å². The van der Waals surface area contributed by atoms with E-state index in [-0.39, 0.29) is 10.8 Å². The molecule has 0 fully saturated rings. The Kier molecular flexibility index (Phi) is 5.76. The van der Waals surface area contributed by atoms with Gasteiger partial charge in [0.15, 0.2) is 5.54 Å². The molecule has 0 bridgehead atoms. The predicted octanol–water partition coefficient (Wildman–Crippen LogP) is 9.17. The summed E-state index contributed by atoms with van der Waals surface area (Å²) < 4.78 is 0. The molecule has 1 unspecified atom stereocenters. The van der Waals surface area contributed by atoms with Gasteiger partial charge in [0.1, 0.15) is 0 Å². The van der Waals surface area contributed by atoms with Crippen molar-refractivity contribution in [2.75, 3.05) is 0 Å². The lowest BCUT2D eigenvalue weighted by Gasteiger charge is -2.31. The van der Waals surface area contributed by atoms with Crippen LogP contribution in [0, 0.1) is 0 Å². The minimum absolute atomic E-state index is 0.0695. The van der Waals surface area contributed by atoms with Crippen molar-refractivity contribution in [1.29, 1.82) is 0 Å². The molecule has 0 spiro atoms. The number of hydrogen-bond donors (Lipinski definition) is 2. The van der Waals surface area contributed by atoms with Crippen LogP contribution in [-0.4, -0.2) is 4.98 Å². The summed E-state index contributed by atoms with van der Waals surface area (Å²) in [6.45, 7) is 13.4. The first-order chi connectivity index (χ1) is 18.5. The Balaban J connectivity index is 1.55. The molecular weight excluding hydrogens is 476 g/mol. The lowest BCUT2D eigenvalue weighted by molar-refractivity contribution is 0.575. The summed E-state index contributed by atoms with van der Waals surface area (Å²) in [6.07, 6.45) is 2.23. The molecule has 0 aliphatic carbocycles. The molecule has 0 saturated heterocycles. The zero-order chi connectivity index (χ0) is 27.4. The quantitative estimate of drug-likeness (QED) is 0.249. The maximum absolute atomic E-state index is 4.92. The van der Waals surface area contributed by atoms with Crippen molar-refractivity contribution < 1.29 is 0 Å². The molecule has 0 amide bonds. The summed E-state index contributed by atoms with van der Waals surface area (Å²) in [7, 11) is 0. The Bertz CT molecular complexity index is 1720. The predicted molar refractivity (Wildman–Crippen MR) is 163 cm³/mol. The topological polar surface area (TPSA) is 52.5 Å². The van der Waals surface area contributed by atoms with E-state index in [2.05, 4.69) is 154 Å². The van der Waals surface area contributed by atoms with Crippen LogP contribution in [0.5, 0.6) is 0 Å². The summed E-state index contributed by atoms with van der Waals surface area (Å²) >= 11 is 0. The van der Waals surface area contributed by atoms with E-state index in [1.54, 1.807) is 0 Å². The highest BCUT2D eigenvalue weighted by Crippen LogP contribution is 2.42. The van der Waals surface area contributed by atoms with Gasteiger partial charge >= 0.3 is 0 Å². The van der Waals surface area contributed by atoms with Gasteiger partial charge in [-0.3, -0.25) is 5.43 Å². The molecule has 0 radical (unpaired) electrons. The number of nitrogens with zero attached hydrogens (tertiary/aromatic N) is 2. The molecule has 4 nitrogen and oxygen atoms in total. The first-order valence-corrected chi connectivity index (χ1v) is 13.7. The fourth-order valence-corrected chi connectivity index (χ4v) is 5.48. The maximum Gasteiger partial charge on any atom is 0.154 e. The Hall–Kier alpha value is -4.18. The Morgan fingerprint density at radius 1 is 0.615 bits per heavy atom. The molecule has 0 saturated carbocycles. The first kappa shape index (κ1) is 25.1. The van der Waals surface area contributed by atoms with E-state index in [0.717, 1.165) is 33.4 Å². The molecule has 2 heterocycles. The monoisotopic (exact) mass is 512 g/mol. The summed E-state index contributed by atoms with van der Waals surface area (Å²) in [4.78, 5) is 3.55. The van der Waals surface area contributed by atoms with Gasteiger partial charge in [-0.2, -0.15) is 0 Å². The number of fused-ring (bicyclic) bond motifs is 3. The lowest BCUT2D eigenvalue weighted by Crippen LogP contribution is -2.28. The number of aromatic amines is 1. The summed E-state index contributed by atoms with van der Waals surface area (Å²) in [6, 6.07) is 32.7. The van der Waals surface area contributed by atoms with Crippen molar-refractivity contribution in [3.8, 4) is 0 Å². The van der Waals surface area contributed by atoms with Crippen LogP contribution in [0.1, 0.15) is 69.4 Å². The van der Waals surface area contributed by atoms with Gasteiger partial charge in [0, 0.05) is 21.8 Å². The van der Waals surface area contributed by atoms with Crippen molar-refractivity contribution in [1.82, 2.24) is 10.4 Å². The molecule has 1 aliphatic heterocycles. The van der Waals surface area contributed by atoms with Gasteiger partial charge in [0.05, 0.1) is 5.70 Å². The van der Waals surface area contributed by atoms with Gasteiger partial charge in [-0.25, -0.2) is 0 Å². The molecule has 1 aliphatic rings. The zero-order valence-corrected chi connectivity index (χ0v) is 23.6. The third-order valence-corrected chi connectivity index (χ3v) is 7.93. The van der Waals surface area contributed by atoms with Crippen LogP contribution < -0.4 is 5.43 Å². The minimum atomic E-state index is -0.772. The van der Waals surface area contributed by atoms with Gasteiger partial charge in [0.25, 0.3) is 0 Å². The number of hydrogen-bond acceptors (Lipinski definition) is 3. The average molecular weight is 513 g/mol. The van der Waals surface area contributed by atoms with Gasteiger partial charge in [-0.05, 0) is 62.9 Å². The molecule has 4 aromatic carbocycles. The van der Waals surface area contributed by atoms with Gasteiger partial charge in [-0.15, -0.1) is 5.11 Å². The van der Waals surface area contributed by atoms with E-state index >= 15 is 0 Å². The van der Waals surface area contributed by atoms with Gasteiger partial charge in [0.2, 0.25) is 0 Å². The maximum atomic E-state index is 4.92. The van der Waals surface area contributed by atoms with Crippen molar-refractivity contribution >= 4 is 27.5 Å². The van der Waals surface area contributed by atoms with Crippen molar-refractivity contribution in [3.63, 3.8) is 0 Å². The highest BCUT2D eigenvalue weighted by molar-refractivity contribution is 6.07. The summed E-state index contributed by atoms with van der Waals surface area (Å²) in [5.74, 6) is 0. The molecule has 39 heavy (non-hydrogen) atoms. The van der Waals surface area contributed by atoms with Crippen LogP contribution in [0.4, 0.5) is 0 Å². The molecule has 196 valence electrons. The minimum Gasteiger partial charge on any atom is -0.355 e. The van der Waals surface area contributed by atoms with Crippen molar-refractivity contribution in [2.45, 2.75) is 57.9 Å². The highest BCUT2D eigenvalue weighted by atomic mass is 15.4. The summed E-state index contributed by atoms with van der Waals surface area (Å²) in [5.41, 5.74) is 11.6. The highest BCUT2D eigenvalue weighted by Gasteiger charge is 2.36. The van der Waals surface area contributed by atoms with Crippen LogP contribution in [-0.2, 0) is 16.4 Å². The standard InChI is InChI=1S/C35H36N4/c1-33(2,3)24-13-11-23(12-14-24)32-22-35(38-39-37-32,26-17-15-25(16-18-26)34(4,5)6)27-19-20-31-29(21-27)28-9-7-8-10-30(28)36-31/h7-22,36H,1-6H3,(H,37,38). The van der Waals surface area contributed by atoms with Crippen LogP contribution >= 0.6 is 0 Å². The van der Waals surface area contributed by atoms with Gasteiger partial charge < -0.3 is 4.98 Å². The fourth-order valence-electron chi connectivity index (χ4n) is 5.48. The third kappa shape index (κ3) is 4.44. The van der Waals surface area contributed by atoms with Gasteiger partial charge in [-0.1, -0.05) is 120 Å². The van der Waals surface area contributed by atoms with E-state index < -0.39 is 5.54 Å². The zero-order valence-electron chi connectivity index (χ0n) is 23.6. The molecule has 4 heteroatoms. The van der Waals surface area contributed by atoms with Crippen molar-refractivity contribution in [2.24, 2.45) is 10.3 Å². The fraction of sp³-hybridized carbons (Fsp3) is 0.257. The molecule has 1 atom stereocenters. The van der Waals surface area contributed by atoms with E-state index in [1.807, 2.05) is 0 Å². The normalized spacial score (nSPS) is 17.8. The van der Waals surface area contributed by atoms with E-state index in [1.165, 1.54) is 21.9 Å². The number of aromatic nitrogens is 1. The third-order valence-electron chi connectivity index (χ3n) is 7.93. The molecule has 5 aromatic rings. The van der Waals surface area contributed by atoms with Crippen LogP contribution in [0.25, 0.3) is 27.5 Å². The number of rotatable bonds is 3. The Morgan fingerprint density at radius 2 is 1.21 bits per heavy atom. The van der Waals surface area contributed by atoms with Crippen LogP contribution in [0.15, 0.2) is 107 Å². The van der Waals surface area contributed by atoms with Crippen LogP contribution in [0.2, 0.25) is 0 Å². The van der Waals surface area contributed by atoms with E-state index in [0.29, 0.717) is 0 Å². The Labute approximate surface area is 230 Å². The number of nitrogens with one attached hydrogen (secondary N) is 2. The van der Waals surface area contributed by atoms with Crippen LogP contribution in [0.3, 0.4) is 0 Å². The smallest absolute Gasteiger partial charge is 0.154 e. The Morgan fingerprint density at radius 3 is 1.87 bits per heavy atom. The number of benzene rings is 4. The lowest BCUT2D eigenvalue weighted by atomic mass is 9.79. The summed E-state index contributed by atoms with van der Waals surface area (Å²) in [5, 5.41) is 11.8. The second-order valence-corrected chi connectivity index (χ2v) is 12.7. The molecule has 6 rings (SSSR count). The van der Waals surface area contributed by atoms with E-state index in [9.17, 15) is 0 Å². The largest absolute Gasteiger partial charge is 0.355 e. The molecule has 1 aromatic heterocycles. The SMILES string of the molecule is CC(C)(C)c1ccc(C2=CC(c3ccc(C(C)(C)C)cc3)(c3ccc4[nH]c5ccccc5c4c3)N=NN2)cc1. The number of H-pyrrole nitrogens is 1.